The van der Waals surface area contributed by atoms with Crippen LogP contribution in [0.3, 0.4) is 0 Å². The highest BCUT2D eigenvalue weighted by Crippen LogP contribution is 2.32. The topological polar surface area (TPSA) is 155 Å². The molecule has 3 heterocycles. The Morgan fingerprint density at radius 3 is 2.49 bits per heavy atom. The van der Waals surface area contributed by atoms with Crippen LogP contribution in [0.2, 0.25) is 0 Å². The van der Waals surface area contributed by atoms with Crippen molar-refractivity contribution < 1.29 is 14.5 Å². The average Bonchev–Trinajstić information content (AvgIpc) is 2.99. The summed E-state index contributed by atoms with van der Waals surface area (Å²) in [5, 5.41) is 26.2. The van der Waals surface area contributed by atoms with Crippen molar-refractivity contribution in [1.29, 1.82) is 0 Å². The predicted octanol–water partition coefficient (Wildman–Crippen LogP) is 5.18. The van der Waals surface area contributed by atoms with Crippen molar-refractivity contribution in [3.8, 4) is 11.1 Å². The number of nitro groups is 1. The van der Waals surface area contributed by atoms with Gasteiger partial charge in [0.2, 0.25) is 0 Å². The number of carbonyl (C=O) groups is 1. The molecule has 0 saturated carbocycles. The Morgan fingerprint density at radius 1 is 1.05 bits per heavy atom. The van der Waals surface area contributed by atoms with Crippen molar-refractivity contribution in [3.63, 3.8) is 0 Å². The molecule has 1 amide bonds. The van der Waals surface area contributed by atoms with Crippen molar-refractivity contribution in [2.75, 3.05) is 41.8 Å². The monoisotopic (exact) mass is 583 g/mol. The largest absolute Gasteiger partial charge is 0.378 e. The number of morpholine rings is 1. The third-order valence-electron chi connectivity index (χ3n) is 7.35. The van der Waals surface area contributed by atoms with E-state index in [2.05, 4.69) is 30.7 Å². The number of pyridine rings is 1. The van der Waals surface area contributed by atoms with E-state index >= 15 is 0 Å². The molecule has 3 N–H and O–H groups in total. The Morgan fingerprint density at radius 2 is 1.81 bits per heavy atom. The van der Waals surface area contributed by atoms with Crippen LogP contribution in [0.15, 0.2) is 65.6 Å². The lowest BCUT2D eigenvalue weighted by Crippen LogP contribution is -2.36. The zero-order valence-corrected chi connectivity index (χ0v) is 24.4. The number of carbonyl (C=O) groups excluding carboxylic acids is 1. The van der Waals surface area contributed by atoms with Crippen LogP contribution in [0, 0.1) is 17.0 Å². The highest BCUT2D eigenvalue weighted by Gasteiger charge is 2.25. The molecule has 1 saturated heterocycles. The second kappa shape index (κ2) is 12.0. The van der Waals surface area contributed by atoms with Gasteiger partial charge < -0.3 is 25.3 Å². The number of hydrogen-bond acceptors (Lipinski definition) is 9. The van der Waals surface area contributed by atoms with Gasteiger partial charge in [-0.15, -0.1) is 10.2 Å². The lowest BCUT2D eigenvalue weighted by atomic mass is 9.86. The molecular formula is C31H33N7O5. The summed E-state index contributed by atoms with van der Waals surface area (Å²) in [7, 11) is 0. The van der Waals surface area contributed by atoms with Crippen LogP contribution in [0.1, 0.15) is 42.3 Å². The van der Waals surface area contributed by atoms with Gasteiger partial charge in [0.1, 0.15) is 11.3 Å². The number of benzene rings is 2. The summed E-state index contributed by atoms with van der Waals surface area (Å²) in [5.74, 6) is 0.563. The second-order valence-corrected chi connectivity index (χ2v) is 11.3. The van der Waals surface area contributed by atoms with Gasteiger partial charge in [0.25, 0.3) is 17.2 Å². The minimum Gasteiger partial charge on any atom is -0.378 e. The van der Waals surface area contributed by atoms with Gasteiger partial charge in [-0.1, -0.05) is 39.0 Å². The van der Waals surface area contributed by atoms with Crippen LogP contribution in [-0.4, -0.2) is 52.3 Å². The minimum absolute atomic E-state index is 0.0286. The summed E-state index contributed by atoms with van der Waals surface area (Å²) in [6.07, 6.45) is 1.59. The van der Waals surface area contributed by atoms with Gasteiger partial charge in [0.05, 0.1) is 18.1 Å². The zero-order valence-electron chi connectivity index (χ0n) is 24.4. The number of rotatable bonds is 7. The number of H-pyrrole nitrogens is 1. The van der Waals surface area contributed by atoms with Crippen molar-refractivity contribution in [2.24, 2.45) is 0 Å². The first kappa shape index (κ1) is 29.4. The molecule has 222 valence electrons. The van der Waals surface area contributed by atoms with Crippen LogP contribution in [0.4, 0.5) is 28.7 Å². The number of hydrogen-bond donors (Lipinski definition) is 3. The maximum Gasteiger partial charge on any atom is 0.282 e. The molecular weight excluding hydrogens is 550 g/mol. The molecule has 0 aliphatic carbocycles. The standard InChI is InChI=1S/C31H33N7O5/c1-19-22(6-5-7-24(19)34-29(39)23-9-8-21(31(2,3)4)17-26(23)38(41)42)20-16-25(30(40)32-18-20)33-27-10-11-28(36-35-27)37-12-14-43-15-13-37/h5-11,16-18H,12-15H2,1-4H3,(H,32,40)(H,33,35)(H,34,39). The van der Waals surface area contributed by atoms with Crippen molar-refractivity contribution in [2.45, 2.75) is 33.1 Å². The predicted molar refractivity (Wildman–Crippen MR) is 165 cm³/mol. The summed E-state index contributed by atoms with van der Waals surface area (Å²) < 4.78 is 5.38. The lowest BCUT2D eigenvalue weighted by Gasteiger charge is -2.27. The molecule has 43 heavy (non-hydrogen) atoms. The fourth-order valence-corrected chi connectivity index (χ4v) is 4.84. The van der Waals surface area contributed by atoms with Crippen molar-refractivity contribution >= 4 is 34.6 Å². The van der Waals surface area contributed by atoms with E-state index in [4.69, 9.17) is 4.74 Å². The minimum atomic E-state index is -0.588. The van der Waals surface area contributed by atoms with Crippen LogP contribution in [0.5, 0.6) is 0 Å². The summed E-state index contributed by atoms with van der Waals surface area (Å²) in [5.41, 5.74) is 2.75. The van der Waals surface area contributed by atoms with Gasteiger partial charge in [-0.3, -0.25) is 19.7 Å². The Balaban J connectivity index is 1.38. The highest BCUT2D eigenvalue weighted by molar-refractivity contribution is 6.07. The number of nitro benzene ring substituents is 1. The lowest BCUT2D eigenvalue weighted by molar-refractivity contribution is -0.385. The van der Waals surface area contributed by atoms with Gasteiger partial charge in [0, 0.05) is 36.6 Å². The van der Waals surface area contributed by atoms with Gasteiger partial charge >= 0.3 is 0 Å². The summed E-state index contributed by atoms with van der Waals surface area (Å²) in [6, 6.07) is 15.3. The third kappa shape index (κ3) is 6.54. The summed E-state index contributed by atoms with van der Waals surface area (Å²) in [4.78, 5) is 42.0. The van der Waals surface area contributed by atoms with E-state index in [0.29, 0.717) is 30.3 Å². The number of amides is 1. The SMILES string of the molecule is Cc1c(NC(=O)c2ccc(C(C)(C)C)cc2[N+](=O)[O-])cccc1-c1c[nH]c(=O)c(Nc2ccc(N3CCOCC3)nn2)c1. The molecule has 4 aromatic rings. The number of nitrogens with zero attached hydrogens (tertiary/aromatic N) is 4. The van der Waals surface area contributed by atoms with Gasteiger partial charge in [0.15, 0.2) is 11.6 Å². The van der Waals surface area contributed by atoms with Gasteiger partial charge in [-0.25, -0.2) is 0 Å². The van der Waals surface area contributed by atoms with E-state index < -0.39 is 10.8 Å². The van der Waals surface area contributed by atoms with Crippen LogP contribution >= 0.6 is 0 Å². The molecule has 0 radical (unpaired) electrons. The van der Waals surface area contributed by atoms with Crippen LogP contribution in [-0.2, 0) is 10.2 Å². The first-order chi connectivity index (χ1) is 20.5. The molecule has 5 rings (SSSR count). The van der Waals surface area contributed by atoms with Crippen molar-refractivity contribution in [1.82, 2.24) is 15.2 Å². The number of aromatic nitrogens is 3. The molecule has 2 aromatic heterocycles. The number of ether oxygens (including phenoxy) is 1. The molecule has 0 unspecified atom stereocenters. The number of aromatic amines is 1. The molecule has 0 atom stereocenters. The zero-order chi connectivity index (χ0) is 30.7. The quantitative estimate of drug-likeness (QED) is 0.197. The fourth-order valence-electron chi connectivity index (χ4n) is 4.84. The molecule has 12 nitrogen and oxygen atoms in total. The van der Waals surface area contributed by atoms with E-state index in [1.807, 2.05) is 39.8 Å². The van der Waals surface area contributed by atoms with Crippen LogP contribution in [0.25, 0.3) is 11.1 Å². The first-order valence-corrected chi connectivity index (χ1v) is 13.9. The summed E-state index contributed by atoms with van der Waals surface area (Å²) >= 11 is 0. The molecule has 0 bridgehead atoms. The van der Waals surface area contributed by atoms with Gasteiger partial charge in [-0.2, -0.15) is 0 Å². The van der Waals surface area contributed by atoms with Gasteiger partial charge in [-0.05, 0) is 59.4 Å². The Bertz CT molecular complexity index is 1720. The van der Waals surface area contributed by atoms with E-state index in [-0.39, 0.29) is 27.9 Å². The summed E-state index contributed by atoms with van der Waals surface area (Å²) in [6.45, 7) is 10.4. The Kier molecular flexibility index (Phi) is 8.22. The second-order valence-electron chi connectivity index (χ2n) is 11.3. The van der Waals surface area contributed by atoms with E-state index in [1.165, 1.54) is 12.1 Å². The molecule has 12 heteroatoms. The average molecular weight is 584 g/mol. The smallest absolute Gasteiger partial charge is 0.282 e. The molecule has 1 fully saturated rings. The molecule has 0 spiro atoms. The van der Waals surface area contributed by atoms with Crippen LogP contribution < -0.4 is 21.1 Å². The Labute approximate surface area is 248 Å². The highest BCUT2D eigenvalue weighted by atomic mass is 16.6. The Hall–Kier alpha value is -5.10. The third-order valence-corrected chi connectivity index (χ3v) is 7.35. The maximum atomic E-state index is 13.2. The van der Waals surface area contributed by atoms with E-state index in [1.54, 1.807) is 36.5 Å². The molecule has 2 aromatic carbocycles. The van der Waals surface area contributed by atoms with E-state index in [0.717, 1.165) is 35.6 Å². The number of nitrogens with one attached hydrogen (secondary N) is 3. The van der Waals surface area contributed by atoms with E-state index in [9.17, 15) is 19.7 Å². The maximum absolute atomic E-state index is 13.2. The molecule has 1 aliphatic heterocycles. The normalized spacial score (nSPS) is 13.4. The molecule has 1 aliphatic rings. The van der Waals surface area contributed by atoms with Crippen molar-refractivity contribution in [3.05, 3.63) is 98.0 Å². The first-order valence-electron chi connectivity index (χ1n) is 13.9. The fraction of sp³-hybridized carbons (Fsp3) is 0.290. The number of anilines is 4.